The third kappa shape index (κ3) is 2.68. The molecule has 0 atom stereocenters. The summed E-state index contributed by atoms with van der Waals surface area (Å²) in [7, 11) is 0. The van der Waals surface area contributed by atoms with Crippen molar-refractivity contribution in [2.45, 2.75) is 38.5 Å². The van der Waals surface area contributed by atoms with Crippen LogP contribution in [-0.4, -0.2) is 13.1 Å². The predicted octanol–water partition coefficient (Wildman–Crippen LogP) is 3.49. The molecule has 2 heteroatoms. The highest BCUT2D eigenvalue weighted by molar-refractivity contribution is 5.31. The maximum Gasteiger partial charge on any atom is 0.127 e. The molecule has 1 N–H and O–H groups in total. The molecule has 94 valence electrons. The largest absolute Gasteiger partial charge is 0.315 e. The number of hydrogen-bond acceptors (Lipinski definition) is 1. The SMILES string of the molecule is CC(C)CCCC1(c2ccccc2F)CNC1. The van der Waals surface area contributed by atoms with E-state index < -0.39 is 0 Å². The zero-order valence-corrected chi connectivity index (χ0v) is 10.8. The highest BCUT2D eigenvalue weighted by Gasteiger charge is 2.39. The van der Waals surface area contributed by atoms with Crippen LogP contribution in [0.25, 0.3) is 0 Å². The number of halogens is 1. The van der Waals surface area contributed by atoms with Crippen LogP contribution in [0.2, 0.25) is 0 Å². The van der Waals surface area contributed by atoms with Crippen LogP contribution in [0.15, 0.2) is 24.3 Å². The Labute approximate surface area is 103 Å². The molecule has 0 aliphatic carbocycles. The van der Waals surface area contributed by atoms with E-state index in [2.05, 4.69) is 19.2 Å². The minimum Gasteiger partial charge on any atom is -0.315 e. The van der Waals surface area contributed by atoms with E-state index in [1.54, 1.807) is 12.1 Å². The van der Waals surface area contributed by atoms with Gasteiger partial charge in [0, 0.05) is 18.5 Å². The quantitative estimate of drug-likeness (QED) is 0.823. The second-order valence-corrected chi connectivity index (χ2v) is 5.65. The standard InChI is InChI=1S/C15H22FN/c1-12(2)6-5-9-15(10-17-11-15)13-7-3-4-8-14(13)16/h3-4,7-8,12,17H,5-6,9-11H2,1-2H3. The van der Waals surface area contributed by atoms with Crippen LogP contribution in [0.1, 0.15) is 38.7 Å². The van der Waals surface area contributed by atoms with Crippen LogP contribution < -0.4 is 5.32 Å². The Morgan fingerprint density at radius 3 is 2.53 bits per heavy atom. The third-order valence-corrected chi connectivity index (χ3v) is 3.81. The summed E-state index contributed by atoms with van der Waals surface area (Å²) < 4.78 is 13.9. The van der Waals surface area contributed by atoms with Gasteiger partial charge in [-0.2, -0.15) is 0 Å². The smallest absolute Gasteiger partial charge is 0.127 e. The molecule has 1 aromatic carbocycles. The lowest BCUT2D eigenvalue weighted by atomic mass is 9.71. The summed E-state index contributed by atoms with van der Waals surface area (Å²) in [4.78, 5) is 0. The lowest BCUT2D eigenvalue weighted by Crippen LogP contribution is -2.57. The molecule has 1 aliphatic rings. The minimum atomic E-state index is -0.0430. The molecule has 1 saturated heterocycles. The summed E-state index contributed by atoms with van der Waals surface area (Å²) in [6.07, 6.45) is 3.52. The van der Waals surface area contributed by atoms with Gasteiger partial charge in [0.05, 0.1) is 0 Å². The van der Waals surface area contributed by atoms with Gasteiger partial charge in [-0.3, -0.25) is 0 Å². The predicted molar refractivity (Wildman–Crippen MR) is 69.6 cm³/mol. The molecular weight excluding hydrogens is 213 g/mol. The first-order valence-electron chi connectivity index (χ1n) is 6.60. The summed E-state index contributed by atoms with van der Waals surface area (Å²) >= 11 is 0. The molecule has 1 aliphatic heterocycles. The fourth-order valence-corrected chi connectivity index (χ4v) is 2.67. The third-order valence-electron chi connectivity index (χ3n) is 3.81. The Bertz CT molecular complexity index is 369. The van der Waals surface area contributed by atoms with Gasteiger partial charge in [0.25, 0.3) is 0 Å². The van der Waals surface area contributed by atoms with Gasteiger partial charge in [0.1, 0.15) is 5.82 Å². The second-order valence-electron chi connectivity index (χ2n) is 5.65. The summed E-state index contributed by atoms with van der Waals surface area (Å²) in [5.41, 5.74) is 0.961. The molecule has 0 unspecified atom stereocenters. The van der Waals surface area contributed by atoms with Gasteiger partial charge in [0.15, 0.2) is 0 Å². The molecule has 1 nitrogen and oxygen atoms in total. The molecule has 0 radical (unpaired) electrons. The minimum absolute atomic E-state index is 0.0430. The van der Waals surface area contributed by atoms with Gasteiger partial charge in [0.2, 0.25) is 0 Å². The second kappa shape index (κ2) is 5.18. The van der Waals surface area contributed by atoms with Crippen molar-refractivity contribution in [3.63, 3.8) is 0 Å². The molecule has 0 amide bonds. The van der Waals surface area contributed by atoms with Crippen molar-refractivity contribution >= 4 is 0 Å². The topological polar surface area (TPSA) is 12.0 Å². The molecule has 0 bridgehead atoms. The molecule has 1 aromatic rings. The Morgan fingerprint density at radius 2 is 2.00 bits per heavy atom. The molecule has 1 fully saturated rings. The van der Waals surface area contributed by atoms with Crippen LogP contribution in [0.5, 0.6) is 0 Å². The fourth-order valence-electron chi connectivity index (χ4n) is 2.67. The lowest BCUT2D eigenvalue weighted by Gasteiger charge is -2.43. The van der Waals surface area contributed by atoms with Crippen LogP contribution in [0, 0.1) is 11.7 Å². The maximum absolute atomic E-state index is 13.9. The van der Waals surface area contributed by atoms with Crippen molar-refractivity contribution in [1.29, 1.82) is 0 Å². The molecule has 0 saturated carbocycles. The van der Waals surface area contributed by atoms with E-state index >= 15 is 0 Å². The first-order chi connectivity index (χ1) is 8.14. The van der Waals surface area contributed by atoms with Gasteiger partial charge in [-0.25, -0.2) is 4.39 Å². The van der Waals surface area contributed by atoms with Crippen molar-refractivity contribution in [3.8, 4) is 0 Å². The van der Waals surface area contributed by atoms with Crippen LogP contribution in [0.3, 0.4) is 0 Å². The molecule has 0 aromatic heterocycles. The van der Waals surface area contributed by atoms with Gasteiger partial charge in [-0.15, -0.1) is 0 Å². The van der Waals surface area contributed by atoms with E-state index in [0.717, 1.165) is 31.0 Å². The zero-order chi connectivity index (χ0) is 12.3. The van der Waals surface area contributed by atoms with E-state index in [0.29, 0.717) is 0 Å². The molecule has 17 heavy (non-hydrogen) atoms. The van der Waals surface area contributed by atoms with Gasteiger partial charge >= 0.3 is 0 Å². The first-order valence-corrected chi connectivity index (χ1v) is 6.60. The van der Waals surface area contributed by atoms with Crippen molar-refractivity contribution in [2.24, 2.45) is 5.92 Å². The molecule has 0 spiro atoms. The Hall–Kier alpha value is -0.890. The molecule has 2 rings (SSSR count). The van der Waals surface area contributed by atoms with E-state index in [4.69, 9.17) is 0 Å². The summed E-state index contributed by atoms with van der Waals surface area (Å²) in [6.45, 7) is 6.33. The Morgan fingerprint density at radius 1 is 1.29 bits per heavy atom. The number of rotatable bonds is 5. The summed E-state index contributed by atoms with van der Waals surface area (Å²) in [6, 6.07) is 7.25. The Balaban J connectivity index is 2.07. The molecular formula is C15H22FN. The van der Waals surface area contributed by atoms with Crippen molar-refractivity contribution in [1.82, 2.24) is 5.32 Å². The van der Waals surface area contributed by atoms with Crippen molar-refractivity contribution in [2.75, 3.05) is 13.1 Å². The highest BCUT2D eigenvalue weighted by atomic mass is 19.1. The maximum atomic E-state index is 13.9. The summed E-state index contributed by atoms with van der Waals surface area (Å²) in [5, 5.41) is 3.30. The van der Waals surface area contributed by atoms with E-state index in [1.807, 2.05) is 12.1 Å². The van der Waals surface area contributed by atoms with Gasteiger partial charge in [-0.1, -0.05) is 44.9 Å². The average molecular weight is 235 g/mol. The van der Waals surface area contributed by atoms with Crippen molar-refractivity contribution < 1.29 is 4.39 Å². The fraction of sp³-hybridized carbons (Fsp3) is 0.600. The number of hydrogen-bond donors (Lipinski definition) is 1. The van der Waals surface area contributed by atoms with E-state index in [-0.39, 0.29) is 11.2 Å². The zero-order valence-electron chi connectivity index (χ0n) is 10.8. The summed E-state index contributed by atoms with van der Waals surface area (Å²) in [5.74, 6) is 0.694. The highest BCUT2D eigenvalue weighted by Crippen LogP contribution is 2.35. The van der Waals surface area contributed by atoms with E-state index in [1.165, 1.54) is 12.8 Å². The van der Waals surface area contributed by atoms with Crippen LogP contribution in [0.4, 0.5) is 4.39 Å². The number of benzene rings is 1. The number of nitrogens with one attached hydrogen (secondary N) is 1. The normalized spacial score (nSPS) is 18.1. The van der Waals surface area contributed by atoms with Crippen LogP contribution >= 0.6 is 0 Å². The van der Waals surface area contributed by atoms with Crippen molar-refractivity contribution in [3.05, 3.63) is 35.6 Å². The average Bonchev–Trinajstić information content (AvgIpc) is 2.23. The monoisotopic (exact) mass is 235 g/mol. The lowest BCUT2D eigenvalue weighted by molar-refractivity contribution is 0.239. The Kier molecular flexibility index (Phi) is 3.82. The van der Waals surface area contributed by atoms with Gasteiger partial charge in [-0.05, 0) is 24.0 Å². The van der Waals surface area contributed by atoms with Crippen LogP contribution in [-0.2, 0) is 5.41 Å². The van der Waals surface area contributed by atoms with Gasteiger partial charge < -0.3 is 5.32 Å². The van der Waals surface area contributed by atoms with E-state index in [9.17, 15) is 4.39 Å². The molecule has 1 heterocycles. The first kappa shape index (κ1) is 12.6.